The minimum Gasteiger partial charge on any atom is -0.412 e. The molecule has 0 saturated heterocycles. The highest BCUT2D eigenvalue weighted by Gasteiger charge is 2.14. The van der Waals surface area contributed by atoms with E-state index in [1.54, 1.807) is 0 Å². The summed E-state index contributed by atoms with van der Waals surface area (Å²) in [6, 6.07) is 0. The number of anilines is 1. The summed E-state index contributed by atoms with van der Waals surface area (Å²) in [7, 11) is 0. The van der Waals surface area contributed by atoms with Gasteiger partial charge in [0.1, 0.15) is 0 Å². The van der Waals surface area contributed by atoms with E-state index in [9.17, 15) is 0 Å². The molecule has 0 fully saturated rings. The molecule has 15 heavy (non-hydrogen) atoms. The van der Waals surface area contributed by atoms with Gasteiger partial charge in [-0.05, 0) is 10.3 Å². The molecular weight excluding hydrogens is 214 g/mol. The van der Waals surface area contributed by atoms with Crippen LogP contribution in [0.25, 0.3) is 0 Å². The number of hydrogen-bond donors (Lipinski definition) is 4. The van der Waals surface area contributed by atoms with Crippen molar-refractivity contribution in [3.63, 3.8) is 0 Å². The number of nitrogens with one attached hydrogen (secondary N) is 1. The van der Waals surface area contributed by atoms with Crippen LogP contribution in [0, 0.1) is 15.3 Å². The van der Waals surface area contributed by atoms with Crippen molar-refractivity contribution >= 4 is 11.7 Å². The summed E-state index contributed by atoms with van der Waals surface area (Å²) in [5, 5.41) is 23.6. The van der Waals surface area contributed by atoms with E-state index in [-0.39, 0.29) is 22.8 Å². The summed E-state index contributed by atoms with van der Waals surface area (Å²) in [6.07, 6.45) is 0. The van der Waals surface area contributed by atoms with Crippen LogP contribution in [0.3, 0.4) is 0 Å². The Hall–Kier alpha value is -2.63. The fourth-order valence-electron chi connectivity index (χ4n) is 0.451. The van der Waals surface area contributed by atoms with Gasteiger partial charge in [0.25, 0.3) is 0 Å². The van der Waals surface area contributed by atoms with Crippen molar-refractivity contribution in [1.29, 1.82) is 0 Å². The highest BCUT2D eigenvalue weighted by molar-refractivity contribution is 5.94. The lowest BCUT2D eigenvalue weighted by molar-refractivity contribution is -0.469. The molecule has 0 aromatic carbocycles. The maximum Gasteiger partial charge on any atom is 0.322 e. The molecule has 1 heterocycles. The first kappa shape index (κ1) is 14.9. The molecule has 0 atom stereocenters. The van der Waals surface area contributed by atoms with Crippen molar-refractivity contribution < 1.29 is 20.3 Å². The van der Waals surface area contributed by atoms with Gasteiger partial charge in [0, 0.05) is 0 Å². The van der Waals surface area contributed by atoms with Crippen LogP contribution in [0.5, 0.6) is 0 Å². The van der Waals surface area contributed by atoms with E-state index < -0.39 is 5.09 Å². The summed E-state index contributed by atoms with van der Waals surface area (Å²) in [6.45, 7) is 0. The topological polar surface area (TPSA) is 229 Å². The molecule has 1 rings (SSSR count). The molecule has 0 radical (unpaired) electrons. The lowest BCUT2D eigenvalue weighted by atomic mass is 10.4. The zero-order valence-electron chi connectivity index (χ0n) is 7.21. The fraction of sp³-hybridized carbons (Fsp3) is 0. The Morgan fingerprint density at radius 3 is 2.20 bits per heavy atom. The fourth-order valence-corrected chi connectivity index (χ4v) is 0.451. The molecule has 0 aliphatic carbocycles. The SMILES string of the molecule is N/[NH+]=C(\N)c1nonc1N.O.O=[N+]([O-])[O-]. The number of amidine groups is 1. The Morgan fingerprint density at radius 2 is 1.93 bits per heavy atom. The van der Waals surface area contributed by atoms with Crippen LogP contribution < -0.4 is 22.4 Å². The molecule has 0 aliphatic rings. The number of nitrogens with two attached hydrogens (primary N) is 3. The molecule has 0 aliphatic heterocycles. The van der Waals surface area contributed by atoms with E-state index in [1.165, 1.54) is 0 Å². The van der Waals surface area contributed by atoms with Crippen LogP contribution in [0.15, 0.2) is 4.63 Å². The average molecular weight is 223 g/mol. The minimum atomic E-state index is -1.75. The zero-order chi connectivity index (χ0) is 11.1. The van der Waals surface area contributed by atoms with Gasteiger partial charge in [-0.1, -0.05) is 0 Å². The first-order chi connectivity index (χ1) is 6.49. The molecule has 86 valence electrons. The van der Waals surface area contributed by atoms with E-state index in [2.05, 4.69) is 20.0 Å². The highest BCUT2D eigenvalue weighted by atomic mass is 16.9. The van der Waals surface area contributed by atoms with Gasteiger partial charge >= 0.3 is 5.84 Å². The van der Waals surface area contributed by atoms with Gasteiger partial charge in [0.15, 0.2) is 0 Å². The maximum absolute atomic E-state index is 8.25. The van der Waals surface area contributed by atoms with Gasteiger partial charge in [0.05, 0.1) is 5.09 Å². The Morgan fingerprint density at radius 1 is 1.47 bits per heavy atom. The molecule has 12 heteroatoms. The van der Waals surface area contributed by atoms with Gasteiger partial charge in [0.2, 0.25) is 11.5 Å². The molecule has 0 amide bonds. The van der Waals surface area contributed by atoms with Crippen LogP contribution in [-0.2, 0) is 0 Å². The van der Waals surface area contributed by atoms with Gasteiger partial charge in [-0.15, -0.1) is 0 Å². The third kappa shape index (κ3) is 5.58. The number of nitrogens with zero attached hydrogens (tertiary/aromatic N) is 3. The van der Waals surface area contributed by atoms with Gasteiger partial charge in [-0.25, -0.2) is 4.63 Å². The molecule has 0 unspecified atom stereocenters. The van der Waals surface area contributed by atoms with Crippen molar-refractivity contribution in [1.82, 2.24) is 10.3 Å². The number of hydrogen-bond acceptors (Lipinski definition) is 8. The summed E-state index contributed by atoms with van der Waals surface area (Å²) in [5.74, 6) is 5.19. The van der Waals surface area contributed by atoms with Crippen molar-refractivity contribution in [2.75, 3.05) is 5.73 Å². The standard InChI is InChI=1S/C3H6N6O.NO3.H2O/c4-2(7-6)1-3(5)9-10-8-1;2-1(3)4;/h6H2,(H2,4,7)(H2,5,9);;1H2/q;-1;/p+1. The molecule has 0 bridgehead atoms. The number of rotatable bonds is 1. The zero-order valence-corrected chi connectivity index (χ0v) is 7.21. The van der Waals surface area contributed by atoms with Crippen molar-refractivity contribution in [3.8, 4) is 0 Å². The number of nitrogen functional groups attached to an aromatic ring is 2. The van der Waals surface area contributed by atoms with Gasteiger partial charge < -0.3 is 26.5 Å². The molecule has 1 aromatic heterocycles. The van der Waals surface area contributed by atoms with Crippen molar-refractivity contribution in [3.05, 3.63) is 21.0 Å². The number of hydrazine groups is 1. The van der Waals surface area contributed by atoms with E-state index in [1.807, 2.05) is 0 Å². The lowest BCUT2D eigenvalue weighted by Crippen LogP contribution is -2.82. The lowest BCUT2D eigenvalue weighted by Gasteiger charge is -1.82. The Balaban J connectivity index is 0. The van der Waals surface area contributed by atoms with Crippen LogP contribution in [-0.4, -0.2) is 26.7 Å². The van der Waals surface area contributed by atoms with E-state index in [0.717, 1.165) is 0 Å². The summed E-state index contributed by atoms with van der Waals surface area (Å²) < 4.78 is 4.25. The molecular formula is C3H9N7O5. The Labute approximate surface area is 81.7 Å². The molecule has 0 saturated carbocycles. The van der Waals surface area contributed by atoms with Crippen LogP contribution in [0.1, 0.15) is 5.69 Å². The van der Waals surface area contributed by atoms with E-state index >= 15 is 0 Å². The van der Waals surface area contributed by atoms with E-state index in [4.69, 9.17) is 32.6 Å². The molecule has 12 nitrogen and oxygen atoms in total. The number of hydrazone groups is 1. The smallest absolute Gasteiger partial charge is 0.322 e. The van der Waals surface area contributed by atoms with Gasteiger partial charge in [-0.3, -0.25) is 11.6 Å². The normalized spacial score (nSPS) is 9.47. The largest absolute Gasteiger partial charge is 0.412 e. The Kier molecular flexibility index (Phi) is 6.78. The third-order valence-electron chi connectivity index (χ3n) is 0.925. The quantitative estimate of drug-likeness (QED) is 0.117. The molecule has 9 N–H and O–H groups in total. The van der Waals surface area contributed by atoms with Crippen molar-refractivity contribution in [2.45, 2.75) is 0 Å². The first-order valence-electron chi connectivity index (χ1n) is 2.98. The second kappa shape index (κ2) is 6.84. The van der Waals surface area contributed by atoms with Crippen molar-refractivity contribution in [2.24, 2.45) is 11.6 Å². The summed E-state index contributed by atoms with van der Waals surface area (Å²) in [5.41, 5.74) is 10.8. The van der Waals surface area contributed by atoms with Crippen LogP contribution >= 0.6 is 0 Å². The molecule has 1 aromatic rings. The highest BCUT2D eigenvalue weighted by Crippen LogP contribution is 1.99. The number of aromatic nitrogens is 2. The predicted molar refractivity (Wildman–Crippen MR) is 46.1 cm³/mol. The Bertz CT molecular complexity index is 329. The van der Waals surface area contributed by atoms with Gasteiger partial charge in [-0.2, -0.15) is 5.10 Å². The summed E-state index contributed by atoms with van der Waals surface area (Å²) in [4.78, 5) is 8.25. The second-order valence-electron chi connectivity index (χ2n) is 1.78. The predicted octanol–water partition coefficient (Wildman–Crippen LogP) is -4.75. The maximum atomic E-state index is 8.25. The van der Waals surface area contributed by atoms with E-state index in [0.29, 0.717) is 0 Å². The third-order valence-corrected chi connectivity index (χ3v) is 0.925. The summed E-state index contributed by atoms with van der Waals surface area (Å²) >= 11 is 0. The first-order valence-corrected chi connectivity index (χ1v) is 2.98. The van der Waals surface area contributed by atoms with Crippen LogP contribution in [0.2, 0.25) is 0 Å². The average Bonchev–Trinajstić information content (AvgIpc) is 2.49. The second-order valence-corrected chi connectivity index (χ2v) is 1.78. The monoisotopic (exact) mass is 223 g/mol. The molecule has 0 spiro atoms. The minimum absolute atomic E-state index is 0. The van der Waals surface area contributed by atoms with Crippen LogP contribution in [0.4, 0.5) is 5.82 Å².